The summed E-state index contributed by atoms with van der Waals surface area (Å²) >= 11 is -2.91. The van der Waals surface area contributed by atoms with Gasteiger partial charge in [-0.05, 0) is 0 Å². The van der Waals surface area contributed by atoms with E-state index in [0.717, 1.165) is 21.0 Å². The quantitative estimate of drug-likeness (QED) is 0.164. The van der Waals surface area contributed by atoms with Gasteiger partial charge in [0.25, 0.3) is 0 Å². The molecule has 4 aromatic rings. The maximum absolute atomic E-state index is 2.91. The Balaban J connectivity index is 1.97. The number of hydrogen-bond donors (Lipinski definition) is 0. The van der Waals surface area contributed by atoms with Crippen LogP contribution in [-0.4, -0.2) is 69.6 Å². The van der Waals surface area contributed by atoms with E-state index in [-0.39, 0.29) is 0 Å². The first-order chi connectivity index (χ1) is 19.6. The van der Waals surface area contributed by atoms with E-state index in [1.54, 1.807) is 0 Å². The molecule has 0 N–H and O–H groups in total. The molecule has 0 heterocycles. The molecule has 4 aromatic carbocycles. The molecule has 41 heavy (non-hydrogen) atoms. The molecule has 0 atom stereocenters. The summed E-state index contributed by atoms with van der Waals surface area (Å²) in [6, 6.07) is 36.3. The zero-order valence-corrected chi connectivity index (χ0v) is 28.5. The van der Waals surface area contributed by atoms with Gasteiger partial charge in [-0.2, -0.15) is 0 Å². The molecule has 0 spiro atoms. The molecule has 0 saturated carbocycles. The van der Waals surface area contributed by atoms with Crippen LogP contribution in [0.4, 0.5) is 22.7 Å². The van der Waals surface area contributed by atoms with Gasteiger partial charge in [-0.25, -0.2) is 0 Å². The van der Waals surface area contributed by atoms with Gasteiger partial charge in [0.1, 0.15) is 0 Å². The Kier molecular flexibility index (Phi) is 10.1. The molecule has 4 rings (SSSR count). The predicted octanol–water partition coefficient (Wildman–Crippen LogP) is 6.83. The number of hydrogen-bond acceptors (Lipinski definition) is 4. The molecular formula is C36H48GeN4. The molecule has 5 heteroatoms. The van der Waals surface area contributed by atoms with E-state index in [2.05, 4.69) is 173 Å². The van der Waals surface area contributed by atoms with Crippen LogP contribution in [0.1, 0.15) is 22.3 Å². The second-order valence-corrected chi connectivity index (χ2v) is 21.6. The van der Waals surface area contributed by atoms with E-state index in [0.29, 0.717) is 0 Å². The summed E-state index contributed by atoms with van der Waals surface area (Å²) in [6.45, 7) is 0. The molecule has 0 aromatic heterocycles. The Morgan fingerprint density at radius 1 is 0.341 bits per heavy atom. The van der Waals surface area contributed by atoms with Gasteiger partial charge in [-0.1, -0.05) is 0 Å². The third-order valence-electron chi connectivity index (χ3n) is 8.16. The van der Waals surface area contributed by atoms with Gasteiger partial charge in [-0.3, -0.25) is 0 Å². The van der Waals surface area contributed by atoms with Crippen molar-refractivity contribution in [3.8, 4) is 0 Å². The number of nitrogens with zero attached hydrogens (tertiary/aromatic N) is 4. The van der Waals surface area contributed by atoms with Crippen LogP contribution in [0.2, 0.25) is 0 Å². The van der Waals surface area contributed by atoms with Crippen LogP contribution in [0.15, 0.2) is 97.1 Å². The van der Waals surface area contributed by atoms with E-state index in [4.69, 9.17) is 0 Å². The Labute approximate surface area is 251 Å². The summed E-state index contributed by atoms with van der Waals surface area (Å²) in [7, 11) is 17.4. The second kappa shape index (κ2) is 13.5. The number of para-hydroxylation sites is 4. The molecule has 0 saturated heterocycles. The van der Waals surface area contributed by atoms with Crippen molar-refractivity contribution in [1.29, 1.82) is 0 Å². The van der Waals surface area contributed by atoms with Crippen molar-refractivity contribution in [2.75, 3.05) is 76.0 Å². The molecule has 0 aliphatic heterocycles. The average Bonchev–Trinajstić information content (AvgIpc) is 2.93. The third kappa shape index (κ3) is 7.48. The molecule has 0 radical (unpaired) electrons. The minimum absolute atomic E-state index is 1.15. The van der Waals surface area contributed by atoms with Gasteiger partial charge in [0.2, 0.25) is 0 Å². The molecular weight excluding hydrogens is 561 g/mol. The van der Waals surface area contributed by atoms with Crippen molar-refractivity contribution in [2.24, 2.45) is 0 Å². The van der Waals surface area contributed by atoms with Gasteiger partial charge in [0, 0.05) is 0 Å². The SMILES string of the molecule is CN(C)c1ccccc1[CH2][Ge]([CH2]c1ccccc1N(C)C)([CH2]c1ccccc1N(C)C)[CH2]c1ccccc1N(C)C. The summed E-state index contributed by atoms with van der Waals surface area (Å²) < 4.78 is 0. The Morgan fingerprint density at radius 3 is 0.732 bits per heavy atom. The van der Waals surface area contributed by atoms with Crippen LogP contribution in [0.25, 0.3) is 0 Å². The summed E-state index contributed by atoms with van der Waals surface area (Å²) in [5.41, 5.74) is 11.3. The standard InChI is InChI=1S/C36H48GeN4/c1-38(2)33-21-13-9-17-29(33)25-37(26-30-18-10-14-22-34(30)39(3)4,27-31-19-11-15-23-35(31)40(5)6)28-32-20-12-16-24-36(32)41(7)8/h9-24H,25-28H2,1-8H3. The summed E-state index contributed by atoms with van der Waals surface area (Å²) in [5.74, 6) is 0. The van der Waals surface area contributed by atoms with Crippen LogP contribution in [-0.2, 0) is 21.0 Å². The first-order valence-corrected chi connectivity index (χ1v) is 20.5. The zero-order chi connectivity index (χ0) is 29.6. The number of anilines is 4. The fourth-order valence-electron chi connectivity index (χ4n) is 6.38. The van der Waals surface area contributed by atoms with Crippen molar-refractivity contribution in [3.05, 3.63) is 119 Å². The van der Waals surface area contributed by atoms with Crippen molar-refractivity contribution in [2.45, 2.75) is 21.0 Å². The molecule has 0 aliphatic rings. The molecule has 216 valence electrons. The monoisotopic (exact) mass is 610 g/mol. The van der Waals surface area contributed by atoms with Crippen molar-refractivity contribution < 1.29 is 0 Å². The van der Waals surface area contributed by atoms with Gasteiger partial charge in [-0.15, -0.1) is 0 Å². The first kappa shape index (κ1) is 30.6. The minimum atomic E-state index is -2.91. The summed E-state index contributed by atoms with van der Waals surface area (Å²) in [4.78, 5) is 9.16. The molecule has 0 aliphatic carbocycles. The predicted molar refractivity (Wildman–Crippen MR) is 184 cm³/mol. The van der Waals surface area contributed by atoms with Crippen LogP contribution in [0, 0.1) is 0 Å². The summed E-state index contributed by atoms with van der Waals surface area (Å²) in [5, 5.41) is 4.61. The first-order valence-electron chi connectivity index (χ1n) is 14.6. The van der Waals surface area contributed by atoms with Gasteiger partial charge in [0.05, 0.1) is 0 Å². The molecule has 0 fully saturated rings. The van der Waals surface area contributed by atoms with E-state index < -0.39 is 13.3 Å². The summed E-state index contributed by atoms with van der Waals surface area (Å²) in [6.07, 6.45) is 0. The number of rotatable bonds is 12. The van der Waals surface area contributed by atoms with E-state index >= 15 is 0 Å². The molecule has 0 amide bonds. The van der Waals surface area contributed by atoms with Crippen molar-refractivity contribution in [1.82, 2.24) is 0 Å². The topological polar surface area (TPSA) is 13.0 Å². The van der Waals surface area contributed by atoms with Gasteiger partial charge < -0.3 is 0 Å². The van der Waals surface area contributed by atoms with Crippen molar-refractivity contribution >= 4 is 36.0 Å². The molecule has 0 bridgehead atoms. The van der Waals surface area contributed by atoms with E-state index in [1.807, 2.05) is 0 Å². The average molecular weight is 609 g/mol. The maximum atomic E-state index is 2.38. The van der Waals surface area contributed by atoms with Crippen LogP contribution in [0.5, 0.6) is 0 Å². The normalized spacial score (nSPS) is 11.3. The van der Waals surface area contributed by atoms with Gasteiger partial charge in [0.15, 0.2) is 0 Å². The van der Waals surface area contributed by atoms with Crippen LogP contribution >= 0.6 is 0 Å². The van der Waals surface area contributed by atoms with Crippen LogP contribution in [0.3, 0.4) is 0 Å². The van der Waals surface area contributed by atoms with Crippen molar-refractivity contribution in [3.63, 3.8) is 0 Å². The van der Waals surface area contributed by atoms with E-state index in [1.165, 1.54) is 45.0 Å². The van der Waals surface area contributed by atoms with Gasteiger partial charge >= 0.3 is 252 Å². The Bertz CT molecular complexity index is 1210. The third-order valence-corrected chi connectivity index (χ3v) is 17.6. The fraction of sp³-hybridized carbons (Fsp3) is 0.333. The Hall–Kier alpha value is -3.38. The Morgan fingerprint density at radius 2 is 0.537 bits per heavy atom. The second-order valence-electron chi connectivity index (χ2n) is 12.3. The molecule has 4 nitrogen and oxygen atoms in total. The molecule has 0 unspecified atom stereocenters. The fourth-order valence-corrected chi connectivity index (χ4v) is 17.2. The zero-order valence-electron chi connectivity index (χ0n) is 26.4. The number of benzene rings is 4. The van der Waals surface area contributed by atoms with Crippen LogP contribution < -0.4 is 19.6 Å². The van der Waals surface area contributed by atoms with E-state index in [9.17, 15) is 0 Å².